The Balaban J connectivity index is 0.000000770. The maximum Gasteiger partial charge on any atom is 0.126 e. The summed E-state index contributed by atoms with van der Waals surface area (Å²) < 4.78 is 13.5. The molecule has 0 spiro atoms. The van der Waals surface area contributed by atoms with E-state index in [4.69, 9.17) is 0 Å². The Bertz CT molecular complexity index is 338. The van der Waals surface area contributed by atoms with Crippen LogP contribution in [0.4, 0.5) is 4.39 Å². The molecule has 0 saturated carbocycles. The van der Waals surface area contributed by atoms with Gasteiger partial charge in [0.15, 0.2) is 0 Å². The molecule has 0 fully saturated rings. The van der Waals surface area contributed by atoms with Crippen LogP contribution in [0.5, 0.6) is 0 Å². The first-order chi connectivity index (χ1) is 7.86. The average Bonchev–Trinajstić information content (AvgIpc) is 2.17. The molecule has 0 aliphatic heterocycles. The van der Waals surface area contributed by atoms with Crippen molar-refractivity contribution in [2.24, 2.45) is 0 Å². The topological polar surface area (TPSA) is 0 Å². The Kier molecular flexibility index (Phi) is 7.10. The second-order valence-electron chi connectivity index (χ2n) is 5.19. The first kappa shape index (κ1) is 16.1. The smallest absolute Gasteiger partial charge is 0.126 e. The molecule has 1 rings (SSSR count). The molecule has 17 heavy (non-hydrogen) atoms. The minimum atomic E-state index is -0.0677. The maximum absolute atomic E-state index is 13.5. The van der Waals surface area contributed by atoms with Crippen LogP contribution in [0.3, 0.4) is 0 Å². The van der Waals surface area contributed by atoms with Crippen LogP contribution in [0.1, 0.15) is 76.5 Å². The van der Waals surface area contributed by atoms with Gasteiger partial charge in [-0.3, -0.25) is 0 Å². The summed E-state index contributed by atoms with van der Waals surface area (Å²) in [5.41, 5.74) is 3.25. The van der Waals surface area contributed by atoms with Crippen molar-refractivity contribution >= 4 is 0 Å². The molecule has 0 bridgehead atoms. The van der Waals surface area contributed by atoms with Gasteiger partial charge in [-0.1, -0.05) is 54.0 Å². The van der Waals surface area contributed by atoms with Gasteiger partial charge < -0.3 is 0 Å². The van der Waals surface area contributed by atoms with E-state index in [0.29, 0.717) is 5.92 Å². The van der Waals surface area contributed by atoms with E-state index in [2.05, 4.69) is 27.7 Å². The molecule has 1 heteroatoms. The van der Waals surface area contributed by atoms with Gasteiger partial charge in [0.2, 0.25) is 0 Å². The number of halogens is 1. The van der Waals surface area contributed by atoms with Gasteiger partial charge in [-0.05, 0) is 41.5 Å². The van der Waals surface area contributed by atoms with Gasteiger partial charge in [-0.25, -0.2) is 4.39 Å². The van der Waals surface area contributed by atoms with Crippen molar-refractivity contribution in [1.29, 1.82) is 0 Å². The van der Waals surface area contributed by atoms with Crippen molar-refractivity contribution in [1.82, 2.24) is 0 Å². The molecule has 0 aliphatic carbocycles. The van der Waals surface area contributed by atoms with Crippen LogP contribution in [0, 0.1) is 12.7 Å². The van der Waals surface area contributed by atoms with Gasteiger partial charge in [0.05, 0.1) is 0 Å². The third-order valence-corrected chi connectivity index (χ3v) is 2.70. The molecule has 0 saturated heterocycles. The fourth-order valence-corrected chi connectivity index (χ4v) is 2.05. The molecule has 0 aromatic heterocycles. The summed E-state index contributed by atoms with van der Waals surface area (Å²) in [5, 5.41) is 0. The van der Waals surface area contributed by atoms with Crippen molar-refractivity contribution in [3.63, 3.8) is 0 Å². The molecule has 0 aliphatic rings. The highest BCUT2D eigenvalue weighted by atomic mass is 19.1. The predicted molar refractivity (Wildman–Crippen MR) is 75.3 cm³/mol. The van der Waals surface area contributed by atoms with Gasteiger partial charge >= 0.3 is 0 Å². The molecule has 0 radical (unpaired) electrons. The number of benzene rings is 1. The largest absolute Gasteiger partial charge is 0.207 e. The quantitative estimate of drug-likeness (QED) is 0.611. The molecule has 0 atom stereocenters. The van der Waals surface area contributed by atoms with E-state index in [1.165, 1.54) is 12.0 Å². The summed E-state index contributed by atoms with van der Waals surface area (Å²) in [7, 11) is 0. The Morgan fingerprint density at radius 2 is 1.47 bits per heavy atom. The van der Waals surface area contributed by atoms with Crippen LogP contribution in [0.15, 0.2) is 12.1 Å². The molecule has 98 valence electrons. The predicted octanol–water partition coefficient (Wildman–Crippen LogP) is 5.80. The van der Waals surface area contributed by atoms with Crippen LogP contribution >= 0.6 is 0 Å². The summed E-state index contributed by atoms with van der Waals surface area (Å²) in [6.07, 6.45) is 1.25. The fraction of sp³-hybridized carbons (Fsp3) is 0.625. The van der Waals surface area contributed by atoms with Crippen LogP contribution in [0.25, 0.3) is 0 Å². The van der Waals surface area contributed by atoms with Crippen molar-refractivity contribution in [2.75, 3.05) is 0 Å². The minimum Gasteiger partial charge on any atom is -0.207 e. The second-order valence-corrected chi connectivity index (χ2v) is 5.19. The van der Waals surface area contributed by atoms with Gasteiger partial charge in [0.1, 0.15) is 5.82 Å². The molecular formula is C16H27F. The van der Waals surface area contributed by atoms with Crippen LogP contribution in [0.2, 0.25) is 0 Å². The van der Waals surface area contributed by atoms with Gasteiger partial charge in [-0.2, -0.15) is 0 Å². The van der Waals surface area contributed by atoms with Crippen LogP contribution in [-0.4, -0.2) is 0 Å². The average molecular weight is 238 g/mol. The Hall–Kier alpha value is -0.850. The normalized spacial score (nSPS) is 10.5. The number of hydrogen-bond acceptors (Lipinski definition) is 0. The molecule has 0 unspecified atom stereocenters. The number of hydrogen-bond donors (Lipinski definition) is 0. The lowest BCUT2D eigenvalue weighted by molar-refractivity contribution is 0.593. The summed E-state index contributed by atoms with van der Waals surface area (Å²) >= 11 is 0. The van der Waals surface area contributed by atoms with Crippen LogP contribution in [-0.2, 0) is 0 Å². The van der Waals surface area contributed by atoms with E-state index in [-0.39, 0.29) is 11.7 Å². The van der Waals surface area contributed by atoms with E-state index in [0.717, 1.165) is 11.1 Å². The lowest BCUT2D eigenvalue weighted by Gasteiger charge is -2.17. The highest BCUT2D eigenvalue weighted by molar-refractivity contribution is 5.38. The highest BCUT2D eigenvalue weighted by Crippen LogP contribution is 2.28. The lowest BCUT2D eigenvalue weighted by atomic mass is 9.89. The Morgan fingerprint density at radius 1 is 1.00 bits per heavy atom. The zero-order chi connectivity index (χ0) is 13.6. The van der Waals surface area contributed by atoms with E-state index < -0.39 is 0 Å². The molecule has 0 nitrogen and oxygen atoms in total. The highest BCUT2D eigenvalue weighted by Gasteiger charge is 2.14. The first-order valence-corrected chi connectivity index (χ1v) is 6.65. The summed E-state index contributed by atoms with van der Waals surface area (Å²) in [4.78, 5) is 0. The lowest BCUT2D eigenvalue weighted by Crippen LogP contribution is -2.02. The molecule has 1 aromatic carbocycles. The van der Waals surface area contributed by atoms with E-state index in [1.54, 1.807) is 6.07 Å². The Morgan fingerprint density at radius 3 is 1.82 bits per heavy atom. The van der Waals surface area contributed by atoms with Crippen LogP contribution < -0.4 is 0 Å². The second kappa shape index (κ2) is 7.47. The monoisotopic (exact) mass is 238 g/mol. The van der Waals surface area contributed by atoms with Gasteiger partial charge in [-0.15, -0.1) is 0 Å². The van der Waals surface area contributed by atoms with Gasteiger partial charge in [0, 0.05) is 0 Å². The third-order valence-electron chi connectivity index (χ3n) is 2.70. The van der Waals surface area contributed by atoms with E-state index in [9.17, 15) is 4.39 Å². The van der Waals surface area contributed by atoms with E-state index in [1.807, 2.05) is 26.8 Å². The van der Waals surface area contributed by atoms with Crippen molar-refractivity contribution in [3.05, 3.63) is 34.6 Å². The molecule has 0 amide bonds. The fourth-order valence-electron chi connectivity index (χ4n) is 2.05. The van der Waals surface area contributed by atoms with Crippen molar-refractivity contribution in [2.45, 2.75) is 66.7 Å². The molecular weight excluding hydrogens is 211 g/mol. The number of rotatable bonds is 2. The van der Waals surface area contributed by atoms with E-state index >= 15 is 0 Å². The first-order valence-electron chi connectivity index (χ1n) is 6.65. The molecule has 0 heterocycles. The SMILES string of the molecule is CCC.Cc1c(C(C)C)ccc(F)c1C(C)C. The summed E-state index contributed by atoms with van der Waals surface area (Å²) in [6, 6.07) is 3.50. The standard InChI is InChI=1S/C13H19F.C3H8/c1-8(2)11-6-7-12(14)13(9(3)4)10(11)5;1-3-2/h6-9H,1-5H3;3H2,1-2H3. The van der Waals surface area contributed by atoms with Crippen molar-refractivity contribution < 1.29 is 4.39 Å². The third kappa shape index (κ3) is 4.49. The summed E-state index contributed by atoms with van der Waals surface area (Å²) in [6.45, 7) is 14.6. The Labute approximate surface area is 106 Å². The minimum absolute atomic E-state index is 0.0677. The zero-order valence-electron chi connectivity index (χ0n) is 12.4. The summed E-state index contributed by atoms with van der Waals surface area (Å²) in [5.74, 6) is 0.656. The van der Waals surface area contributed by atoms with Gasteiger partial charge in [0.25, 0.3) is 0 Å². The van der Waals surface area contributed by atoms with Crippen molar-refractivity contribution in [3.8, 4) is 0 Å². The molecule has 0 N–H and O–H groups in total. The zero-order valence-corrected chi connectivity index (χ0v) is 12.4. The maximum atomic E-state index is 13.5. The molecule has 1 aromatic rings.